The highest BCUT2D eigenvalue weighted by molar-refractivity contribution is 5.95. The van der Waals surface area contributed by atoms with E-state index in [0.29, 0.717) is 55.7 Å². The number of nitrogens with two attached hydrogens (primary N) is 1. The molecule has 6 nitrogen and oxygen atoms in total. The number of carbonyl (C=O) groups excluding carboxylic acids is 1. The highest BCUT2D eigenvalue weighted by Gasteiger charge is 2.26. The average Bonchev–Trinajstić information content (AvgIpc) is 2.96. The maximum atomic E-state index is 12.7. The van der Waals surface area contributed by atoms with Crippen LogP contribution >= 0.6 is 0 Å². The Balaban J connectivity index is 2.37. The summed E-state index contributed by atoms with van der Waals surface area (Å²) in [5, 5.41) is 0. The Kier molecular flexibility index (Phi) is 6.10. The molecule has 0 spiro atoms. The van der Waals surface area contributed by atoms with Gasteiger partial charge in [0.25, 0.3) is 5.91 Å². The molecule has 0 radical (unpaired) electrons. The van der Waals surface area contributed by atoms with Crippen molar-refractivity contribution in [3.63, 3.8) is 0 Å². The summed E-state index contributed by atoms with van der Waals surface area (Å²) >= 11 is 0. The van der Waals surface area contributed by atoms with E-state index in [2.05, 4.69) is 0 Å². The van der Waals surface area contributed by atoms with Gasteiger partial charge in [-0.2, -0.15) is 0 Å². The van der Waals surface area contributed by atoms with Gasteiger partial charge in [-0.25, -0.2) is 0 Å². The van der Waals surface area contributed by atoms with Crippen molar-refractivity contribution in [1.82, 2.24) is 4.90 Å². The summed E-state index contributed by atoms with van der Waals surface area (Å²) in [5.41, 5.74) is 6.43. The molecule has 2 N–H and O–H groups in total. The predicted octanol–water partition coefficient (Wildman–Crippen LogP) is 2.06. The van der Waals surface area contributed by atoms with Gasteiger partial charge in [-0.15, -0.1) is 0 Å². The van der Waals surface area contributed by atoms with Crippen LogP contribution in [-0.4, -0.2) is 49.8 Å². The fourth-order valence-corrected chi connectivity index (χ4v) is 2.67. The Morgan fingerprint density at radius 1 is 1.13 bits per heavy atom. The van der Waals surface area contributed by atoms with Gasteiger partial charge in [0.2, 0.25) is 5.75 Å². The lowest BCUT2D eigenvalue weighted by molar-refractivity contribution is 0.0789. The first-order valence-electron chi connectivity index (χ1n) is 8.21. The standard InChI is InChI=1S/C17H26N2O4/c1-4-21-14-9-12(17(20)19-8-7-13(18)11-19)10-15(22-5-2)16(14)23-6-3/h9-10,13H,4-8,11,18H2,1-3H3/t13-/m0/s1. The molecule has 0 bridgehead atoms. The molecular weight excluding hydrogens is 296 g/mol. The van der Waals surface area contributed by atoms with Crippen LogP contribution in [0.4, 0.5) is 0 Å². The van der Waals surface area contributed by atoms with Crippen LogP contribution in [0.25, 0.3) is 0 Å². The normalized spacial score (nSPS) is 17.2. The molecule has 1 amide bonds. The van der Waals surface area contributed by atoms with Crippen LogP contribution in [0.2, 0.25) is 0 Å². The SMILES string of the molecule is CCOc1cc(C(=O)N2CC[C@H](N)C2)cc(OCC)c1OCC. The third kappa shape index (κ3) is 4.07. The van der Waals surface area contributed by atoms with Gasteiger partial charge in [-0.1, -0.05) is 0 Å². The predicted molar refractivity (Wildman–Crippen MR) is 88.4 cm³/mol. The molecule has 0 saturated carbocycles. The maximum Gasteiger partial charge on any atom is 0.254 e. The monoisotopic (exact) mass is 322 g/mol. The first kappa shape index (κ1) is 17.4. The van der Waals surface area contributed by atoms with Gasteiger partial charge in [0, 0.05) is 24.7 Å². The molecule has 0 aromatic heterocycles. The first-order chi connectivity index (χ1) is 11.1. The van der Waals surface area contributed by atoms with E-state index < -0.39 is 0 Å². The van der Waals surface area contributed by atoms with Crippen LogP contribution in [0.3, 0.4) is 0 Å². The molecule has 128 valence electrons. The van der Waals surface area contributed by atoms with E-state index in [9.17, 15) is 4.79 Å². The van der Waals surface area contributed by atoms with Crippen LogP contribution in [0, 0.1) is 0 Å². The minimum absolute atomic E-state index is 0.0529. The van der Waals surface area contributed by atoms with Crippen LogP contribution in [-0.2, 0) is 0 Å². The minimum Gasteiger partial charge on any atom is -0.490 e. The fourth-order valence-electron chi connectivity index (χ4n) is 2.67. The summed E-state index contributed by atoms with van der Waals surface area (Å²) in [6.07, 6.45) is 0.833. The largest absolute Gasteiger partial charge is 0.490 e. The molecule has 1 aromatic carbocycles. The zero-order valence-electron chi connectivity index (χ0n) is 14.1. The molecule has 2 rings (SSSR count). The number of likely N-dealkylation sites (tertiary alicyclic amines) is 1. The summed E-state index contributed by atoms with van der Waals surface area (Å²) < 4.78 is 17.0. The van der Waals surface area contributed by atoms with Gasteiger partial charge in [0.05, 0.1) is 19.8 Å². The Bertz CT molecular complexity index is 520. The van der Waals surface area contributed by atoms with E-state index in [-0.39, 0.29) is 11.9 Å². The van der Waals surface area contributed by atoms with Crippen LogP contribution in [0.1, 0.15) is 37.6 Å². The van der Waals surface area contributed by atoms with Crippen molar-refractivity contribution in [2.24, 2.45) is 5.73 Å². The highest BCUT2D eigenvalue weighted by Crippen LogP contribution is 2.39. The molecule has 1 aliphatic rings. The van der Waals surface area contributed by atoms with E-state index in [1.807, 2.05) is 20.8 Å². The van der Waals surface area contributed by atoms with Gasteiger partial charge in [-0.05, 0) is 39.3 Å². The van der Waals surface area contributed by atoms with E-state index in [1.54, 1.807) is 17.0 Å². The molecule has 1 aromatic rings. The molecule has 6 heteroatoms. The molecule has 1 saturated heterocycles. The Morgan fingerprint density at radius 2 is 1.70 bits per heavy atom. The molecule has 1 aliphatic heterocycles. The number of hydrogen-bond acceptors (Lipinski definition) is 5. The zero-order valence-corrected chi connectivity index (χ0v) is 14.1. The van der Waals surface area contributed by atoms with Gasteiger partial charge in [0.1, 0.15) is 0 Å². The fraction of sp³-hybridized carbons (Fsp3) is 0.588. The quantitative estimate of drug-likeness (QED) is 0.832. The van der Waals surface area contributed by atoms with E-state index >= 15 is 0 Å². The zero-order chi connectivity index (χ0) is 16.8. The third-order valence-electron chi connectivity index (χ3n) is 3.67. The van der Waals surface area contributed by atoms with Crippen LogP contribution in [0.15, 0.2) is 12.1 Å². The van der Waals surface area contributed by atoms with E-state index in [4.69, 9.17) is 19.9 Å². The molecule has 1 fully saturated rings. The van der Waals surface area contributed by atoms with Crippen molar-refractivity contribution >= 4 is 5.91 Å². The summed E-state index contributed by atoms with van der Waals surface area (Å²) in [6, 6.07) is 3.51. The summed E-state index contributed by atoms with van der Waals surface area (Å²) in [6.45, 7) is 8.41. The number of nitrogens with zero attached hydrogens (tertiary/aromatic N) is 1. The van der Waals surface area contributed by atoms with Crippen molar-refractivity contribution in [2.75, 3.05) is 32.9 Å². The van der Waals surface area contributed by atoms with Crippen molar-refractivity contribution < 1.29 is 19.0 Å². The first-order valence-corrected chi connectivity index (χ1v) is 8.21. The third-order valence-corrected chi connectivity index (χ3v) is 3.67. The number of amides is 1. The van der Waals surface area contributed by atoms with E-state index in [0.717, 1.165) is 6.42 Å². The Hall–Kier alpha value is -1.95. The second-order valence-electron chi connectivity index (χ2n) is 5.40. The van der Waals surface area contributed by atoms with Crippen molar-refractivity contribution in [3.05, 3.63) is 17.7 Å². The lowest BCUT2D eigenvalue weighted by atomic mass is 10.1. The Labute approximate surface area is 137 Å². The number of ether oxygens (including phenoxy) is 3. The van der Waals surface area contributed by atoms with Gasteiger partial charge < -0.3 is 24.8 Å². The smallest absolute Gasteiger partial charge is 0.254 e. The maximum absolute atomic E-state index is 12.7. The number of carbonyl (C=O) groups is 1. The number of hydrogen-bond donors (Lipinski definition) is 1. The topological polar surface area (TPSA) is 74.0 Å². The van der Waals surface area contributed by atoms with Crippen LogP contribution < -0.4 is 19.9 Å². The summed E-state index contributed by atoms with van der Waals surface area (Å²) in [7, 11) is 0. The molecule has 23 heavy (non-hydrogen) atoms. The van der Waals surface area contributed by atoms with Gasteiger partial charge in [0.15, 0.2) is 11.5 Å². The molecule has 0 aliphatic carbocycles. The number of rotatable bonds is 7. The molecule has 0 unspecified atom stereocenters. The molecular formula is C17H26N2O4. The Morgan fingerprint density at radius 3 is 2.13 bits per heavy atom. The second kappa shape index (κ2) is 8.06. The van der Waals surface area contributed by atoms with Gasteiger partial charge in [-0.3, -0.25) is 4.79 Å². The van der Waals surface area contributed by atoms with Crippen LogP contribution in [0.5, 0.6) is 17.2 Å². The summed E-state index contributed by atoms with van der Waals surface area (Å²) in [4.78, 5) is 14.5. The summed E-state index contributed by atoms with van der Waals surface area (Å²) in [5.74, 6) is 1.56. The average molecular weight is 322 g/mol. The minimum atomic E-state index is -0.0529. The highest BCUT2D eigenvalue weighted by atomic mass is 16.5. The van der Waals surface area contributed by atoms with Crippen molar-refractivity contribution in [1.29, 1.82) is 0 Å². The molecule has 1 heterocycles. The number of benzene rings is 1. The lowest BCUT2D eigenvalue weighted by Gasteiger charge is -2.20. The second-order valence-corrected chi connectivity index (χ2v) is 5.40. The van der Waals surface area contributed by atoms with Crippen molar-refractivity contribution in [2.45, 2.75) is 33.2 Å². The van der Waals surface area contributed by atoms with Crippen molar-refractivity contribution in [3.8, 4) is 17.2 Å². The lowest BCUT2D eigenvalue weighted by Crippen LogP contribution is -2.31. The van der Waals surface area contributed by atoms with Gasteiger partial charge >= 0.3 is 0 Å². The molecule has 1 atom stereocenters. The van der Waals surface area contributed by atoms with E-state index in [1.165, 1.54) is 0 Å².